The maximum absolute atomic E-state index is 13.0. The van der Waals surface area contributed by atoms with Crippen LogP contribution in [0.2, 0.25) is 0 Å². The number of rotatable bonds is 8. The number of nitrogens with one attached hydrogen (secondary N) is 1. The minimum Gasteiger partial charge on any atom is -0.493 e. The van der Waals surface area contributed by atoms with Crippen LogP contribution in [-0.4, -0.2) is 35.0 Å². The van der Waals surface area contributed by atoms with Crippen molar-refractivity contribution in [1.82, 2.24) is 14.7 Å². The molecule has 0 spiro atoms. The average molecular weight is 487 g/mol. The Kier molecular flexibility index (Phi) is 7.16. The Morgan fingerprint density at radius 2 is 1.81 bits per heavy atom. The zero-order valence-electron chi connectivity index (χ0n) is 20.5. The molecule has 0 bridgehead atoms. The standard InChI is InChI=1S/C29H31FN4O2/c1-2-26-28(34-16-4-3-5-27(34)32-26)29(35)31-19-21-6-10-24(11-7-21)33-17-14-22(15-18-33)20-36-25-12-8-23(30)9-13-25/h3-13,16,22H,2,14-15,17-20H2,1H3,(H,31,35). The lowest BCUT2D eigenvalue weighted by Crippen LogP contribution is -2.35. The van der Waals surface area contributed by atoms with E-state index in [1.807, 2.05) is 35.7 Å². The van der Waals surface area contributed by atoms with Crippen LogP contribution in [0.15, 0.2) is 72.9 Å². The van der Waals surface area contributed by atoms with Gasteiger partial charge in [0.1, 0.15) is 22.9 Å². The van der Waals surface area contributed by atoms with Crippen LogP contribution in [-0.2, 0) is 13.0 Å². The summed E-state index contributed by atoms with van der Waals surface area (Å²) in [7, 11) is 0. The monoisotopic (exact) mass is 486 g/mol. The molecule has 0 saturated carbocycles. The van der Waals surface area contributed by atoms with Gasteiger partial charge in [0.05, 0.1) is 12.3 Å². The molecule has 36 heavy (non-hydrogen) atoms. The summed E-state index contributed by atoms with van der Waals surface area (Å²) in [5.41, 5.74) is 4.45. The van der Waals surface area contributed by atoms with Gasteiger partial charge in [-0.15, -0.1) is 0 Å². The summed E-state index contributed by atoms with van der Waals surface area (Å²) in [5.74, 6) is 0.850. The van der Waals surface area contributed by atoms with Gasteiger partial charge in [0.2, 0.25) is 0 Å². The first-order chi connectivity index (χ1) is 17.6. The smallest absolute Gasteiger partial charge is 0.270 e. The molecule has 1 aliphatic heterocycles. The van der Waals surface area contributed by atoms with E-state index in [2.05, 4.69) is 39.5 Å². The van der Waals surface area contributed by atoms with Crippen molar-refractivity contribution in [3.05, 3.63) is 95.7 Å². The first-order valence-corrected chi connectivity index (χ1v) is 12.6. The number of benzene rings is 2. The summed E-state index contributed by atoms with van der Waals surface area (Å²) >= 11 is 0. The maximum atomic E-state index is 13.0. The first kappa shape index (κ1) is 23.9. The van der Waals surface area contributed by atoms with Crippen LogP contribution in [0.25, 0.3) is 5.65 Å². The van der Waals surface area contributed by atoms with Crippen molar-refractivity contribution < 1.29 is 13.9 Å². The van der Waals surface area contributed by atoms with Crippen molar-refractivity contribution in [2.45, 2.75) is 32.7 Å². The highest BCUT2D eigenvalue weighted by molar-refractivity contribution is 5.94. The summed E-state index contributed by atoms with van der Waals surface area (Å²) in [6, 6.07) is 20.4. The van der Waals surface area contributed by atoms with Crippen molar-refractivity contribution in [2.75, 3.05) is 24.6 Å². The number of hydrogen-bond donors (Lipinski definition) is 1. The summed E-state index contributed by atoms with van der Waals surface area (Å²) < 4.78 is 20.7. The van der Waals surface area contributed by atoms with Crippen molar-refractivity contribution in [1.29, 1.82) is 0 Å². The Morgan fingerprint density at radius 1 is 1.06 bits per heavy atom. The lowest BCUT2D eigenvalue weighted by atomic mass is 9.97. The van der Waals surface area contributed by atoms with Crippen LogP contribution < -0.4 is 15.0 Å². The number of carbonyl (C=O) groups is 1. The summed E-state index contributed by atoms with van der Waals surface area (Å²) in [5, 5.41) is 3.06. The zero-order chi connectivity index (χ0) is 24.9. The summed E-state index contributed by atoms with van der Waals surface area (Å²) in [6.07, 6.45) is 4.69. The number of hydrogen-bond acceptors (Lipinski definition) is 4. The van der Waals surface area contributed by atoms with E-state index >= 15 is 0 Å². The number of nitrogens with zero attached hydrogens (tertiary/aromatic N) is 3. The quantitative estimate of drug-likeness (QED) is 0.369. The van der Waals surface area contributed by atoms with Gasteiger partial charge in [-0.05, 0) is 79.3 Å². The fourth-order valence-corrected chi connectivity index (χ4v) is 4.72. The lowest BCUT2D eigenvalue weighted by molar-refractivity contribution is 0.0944. The van der Waals surface area contributed by atoms with Crippen LogP contribution in [0, 0.1) is 11.7 Å². The van der Waals surface area contributed by atoms with Gasteiger partial charge in [-0.1, -0.05) is 25.1 Å². The number of aromatic nitrogens is 2. The highest BCUT2D eigenvalue weighted by atomic mass is 19.1. The van der Waals surface area contributed by atoms with Crippen LogP contribution in [0.3, 0.4) is 0 Å². The molecule has 6 nitrogen and oxygen atoms in total. The first-order valence-electron chi connectivity index (χ1n) is 12.6. The molecular formula is C29H31FN4O2. The minimum atomic E-state index is -0.248. The fraction of sp³-hybridized carbons (Fsp3) is 0.310. The lowest BCUT2D eigenvalue weighted by Gasteiger charge is -2.33. The molecule has 1 fully saturated rings. The second-order valence-electron chi connectivity index (χ2n) is 9.23. The molecular weight excluding hydrogens is 455 g/mol. The second-order valence-corrected chi connectivity index (χ2v) is 9.23. The van der Waals surface area contributed by atoms with Gasteiger partial charge in [0.25, 0.3) is 5.91 Å². The molecule has 2 aromatic heterocycles. The molecule has 5 rings (SSSR count). The Morgan fingerprint density at radius 3 is 2.53 bits per heavy atom. The van der Waals surface area contributed by atoms with Crippen molar-refractivity contribution in [3.8, 4) is 5.75 Å². The molecule has 4 aromatic rings. The minimum absolute atomic E-state index is 0.112. The van der Waals surface area contributed by atoms with Crippen molar-refractivity contribution >= 4 is 17.2 Å². The van der Waals surface area contributed by atoms with Gasteiger partial charge in [-0.25, -0.2) is 9.37 Å². The number of carbonyl (C=O) groups excluding carboxylic acids is 1. The average Bonchev–Trinajstić information content (AvgIpc) is 3.31. The largest absolute Gasteiger partial charge is 0.493 e. The number of halogens is 1. The van der Waals surface area contributed by atoms with E-state index in [1.165, 1.54) is 17.8 Å². The van der Waals surface area contributed by atoms with Gasteiger partial charge >= 0.3 is 0 Å². The maximum Gasteiger partial charge on any atom is 0.270 e. The van der Waals surface area contributed by atoms with Crippen molar-refractivity contribution in [3.63, 3.8) is 0 Å². The molecule has 2 aromatic carbocycles. The van der Waals surface area contributed by atoms with Crippen LogP contribution >= 0.6 is 0 Å². The van der Waals surface area contributed by atoms with Crippen molar-refractivity contribution in [2.24, 2.45) is 5.92 Å². The molecule has 0 atom stereocenters. The zero-order valence-corrected chi connectivity index (χ0v) is 20.5. The number of fused-ring (bicyclic) bond motifs is 1. The predicted octanol–water partition coefficient (Wildman–Crippen LogP) is 5.26. The van der Waals surface area contributed by atoms with E-state index in [0.717, 1.165) is 42.8 Å². The molecule has 3 heterocycles. The number of anilines is 1. The van der Waals surface area contributed by atoms with E-state index in [-0.39, 0.29) is 11.7 Å². The Balaban J connectivity index is 1.12. The molecule has 0 aliphatic carbocycles. The van der Waals surface area contributed by atoms with E-state index < -0.39 is 0 Å². The molecule has 1 aliphatic rings. The molecule has 186 valence electrons. The van der Waals surface area contributed by atoms with Gasteiger partial charge in [0.15, 0.2) is 0 Å². The third-order valence-electron chi connectivity index (χ3n) is 6.82. The Hall–Kier alpha value is -3.87. The molecule has 1 saturated heterocycles. The SMILES string of the molecule is CCc1nc2ccccn2c1C(=O)NCc1ccc(N2CCC(COc3ccc(F)cc3)CC2)cc1. The number of imidazole rings is 1. The third kappa shape index (κ3) is 5.35. The number of ether oxygens (including phenoxy) is 1. The van der Waals surface area contributed by atoms with Gasteiger partial charge in [-0.2, -0.15) is 0 Å². The normalized spacial score (nSPS) is 14.2. The number of piperidine rings is 1. The van der Waals surface area contributed by atoms with Gasteiger partial charge in [-0.3, -0.25) is 9.20 Å². The molecule has 7 heteroatoms. The predicted molar refractivity (Wildman–Crippen MR) is 139 cm³/mol. The third-order valence-corrected chi connectivity index (χ3v) is 6.82. The number of pyridine rings is 1. The molecule has 0 unspecified atom stereocenters. The molecule has 0 radical (unpaired) electrons. The van der Waals surface area contributed by atoms with E-state index in [9.17, 15) is 9.18 Å². The topological polar surface area (TPSA) is 58.9 Å². The Labute approximate surface area is 210 Å². The van der Waals surface area contributed by atoms with E-state index in [0.29, 0.717) is 36.9 Å². The van der Waals surface area contributed by atoms with Gasteiger partial charge in [0, 0.05) is 31.5 Å². The fourth-order valence-electron chi connectivity index (χ4n) is 4.72. The van der Waals surface area contributed by atoms with E-state index in [4.69, 9.17) is 4.74 Å². The molecule has 1 amide bonds. The number of amides is 1. The number of aryl methyl sites for hydroxylation is 1. The van der Waals surface area contributed by atoms with Gasteiger partial charge < -0.3 is 15.0 Å². The van der Waals surface area contributed by atoms with E-state index in [1.54, 1.807) is 12.1 Å². The summed E-state index contributed by atoms with van der Waals surface area (Å²) in [6.45, 7) is 5.08. The van der Waals surface area contributed by atoms with Crippen LogP contribution in [0.1, 0.15) is 41.5 Å². The van der Waals surface area contributed by atoms with Crippen LogP contribution in [0.4, 0.5) is 10.1 Å². The molecule has 1 N–H and O–H groups in total. The Bertz CT molecular complexity index is 1310. The second kappa shape index (κ2) is 10.8. The summed E-state index contributed by atoms with van der Waals surface area (Å²) in [4.78, 5) is 19.9. The van der Waals surface area contributed by atoms with Crippen LogP contribution in [0.5, 0.6) is 5.75 Å². The highest BCUT2D eigenvalue weighted by Crippen LogP contribution is 2.25. The highest BCUT2D eigenvalue weighted by Gasteiger charge is 2.21.